The molecule has 0 aromatic heterocycles. The number of benzene rings is 1. The lowest BCUT2D eigenvalue weighted by Crippen LogP contribution is -2.53. The Balaban J connectivity index is 1.69. The van der Waals surface area contributed by atoms with Crippen molar-refractivity contribution in [3.8, 4) is 0 Å². The van der Waals surface area contributed by atoms with Gasteiger partial charge < -0.3 is 10.1 Å². The van der Waals surface area contributed by atoms with Gasteiger partial charge in [0.2, 0.25) is 0 Å². The summed E-state index contributed by atoms with van der Waals surface area (Å²) in [5.41, 5.74) is -0.855. The summed E-state index contributed by atoms with van der Waals surface area (Å²) in [6.07, 6.45) is 2.10. The molecule has 3 rings (SSSR count). The Labute approximate surface area is 131 Å². The zero-order valence-electron chi connectivity index (χ0n) is 13.4. The van der Waals surface area contributed by atoms with Crippen molar-refractivity contribution >= 4 is 11.9 Å². The van der Waals surface area contributed by atoms with Gasteiger partial charge in [-0.1, -0.05) is 44.2 Å². The third-order valence-electron chi connectivity index (χ3n) is 5.99. The van der Waals surface area contributed by atoms with Gasteiger partial charge in [0.1, 0.15) is 0 Å². The second kappa shape index (κ2) is 4.83. The van der Waals surface area contributed by atoms with Crippen molar-refractivity contribution in [2.45, 2.75) is 45.6 Å². The zero-order chi connectivity index (χ0) is 16.0. The van der Waals surface area contributed by atoms with Crippen LogP contribution in [0.15, 0.2) is 30.3 Å². The SMILES string of the molecule is CC1(C)[C@@]2(C)CC[C@]1(C(=O)NCCc1ccccc1)OC2=O. The minimum absolute atomic E-state index is 0.150. The molecule has 1 aliphatic carbocycles. The summed E-state index contributed by atoms with van der Waals surface area (Å²) in [5, 5.41) is 2.97. The van der Waals surface area contributed by atoms with Gasteiger partial charge in [-0.25, -0.2) is 0 Å². The number of esters is 1. The van der Waals surface area contributed by atoms with Crippen LogP contribution >= 0.6 is 0 Å². The van der Waals surface area contributed by atoms with Crippen molar-refractivity contribution in [2.24, 2.45) is 10.8 Å². The van der Waals surface area contributed by atoms with E-state index in [1.165, 1.54) is 5.56 Å². The van der Waals surface area contributed by atoms with E-state index in [-0.39, 0.29) is 11.9 Å². The maximum atomic E-state index is 12.7. The molecule has 0 radical (unpaired) electrons. The highest BCUT2D eigenvalue weighted by atomic mass is 16.6. The number of carbonyl (C=O) groups is 2. The summed E-state index contributed by atoms with van der Waals surface area (Å²) < 4.78 is 5.58. The summed E-state index contributed by atoms with van der Waals surface area (Å²) in [6, 6.07) is 10.0. The number of hydrogen-bond acceptors (Lipinski definition) is 3. The minimum atomic E-state index is -1.00. The third kappa shape index (κ3) is 1.82. The van der Waals surface area contributed by atoms with Crippen molar-refractivity contribution in [2.75, 3.05) is 6.54 Å². The molecule has 1 aromatic rings. The Bertz CT molecular complexity index is 610. The van der Waals surface area contributed by atoms with Crippen LogP contribution in [0.4, 0.5) is 0 Å². The maximum absolute atomic E-state index is 12.7. The molecule has 1 saturated heterocycles. The number of carbonyl (C=O) groups excluding carboxylic acids is 2. The Morgan fingerprint density at radius 3 is 2.41 bits per heavy atom. The molecule has 2 atom stereocenters. The Kier molecular flexibility index (Phi) is 3.31. The Hall–Kier alpha value is -1.84. The molecule has 4 nitrogen and oxygen atoms in total. The van der Waals surface area contributed by atoms with Gasteiger partial charge in [-0.3, -0.25) is 9.59 Å². The zero-order valence-corrected chi connectivity index (χ0v) is 13.4. The third-order valence-corrected chi connectivity index (χ3v) is 5.99. The topological polar surface area (TPSA) is 55.4 Å². The molecule has 1 amide bonds. The fourth-order valence-corrected chi connectivity index (χ4v) is 3.85. The highest BCUT2D eigenvalue weighted by molar-refractivity contribution is 5.96. The van der Waals surface area contributed by atoms with Crippen LogP contribution in [0, 0.1) is 10.8 Å². The van der Waals surface area contributed by atoms with Crippen LogP contribution in [0.5, 0.6) is 0 Å². The van der Waals surface area contributed by atoms with Gasteiger partial charge >= 0.3 is 5.97 Å². The quantitative estimate of drug-likeness (QED) is 0.869. The molecule has 0 unspecified atom stereocenters. The predicted octanol–water partition coefficient (Wildman–Crippen LogP) is 2.47. The molecule has 2 aliphatic rings. The first-order chi connectivity index (χ1) is 10.3. The number of hydrogen-bond donors (Lipinski definition) is 1. The summed E-state index contributed by atoms with van der Waals surface area (Å²) in [4.78, 5) is 24.9. The van der Waals surface area contributed by atoms with Crippen LogP contribution in [0.25, 0.3) is 0 Å². The van der Waals surface area contributed by atoms with Crippen molar-refractivity contribution in [3.63, 3.8) is 0 Å². The number of nitrogens with one attached hydrogen (secondary N) is 1. The summed E-state index contributed by atoms with van der Waals surface area (Å²) in [5.74, 6) is -0.384. The highest BCUT2D eigenvalue weighted by Crippen LogP contribution is 2.65. The molecule has 1 aromatic carbocycles. The molecular formula is C18H23NO3. The normalized spacial score (nSPS) is 31.9. The molecule has 1 N–H and O–H groups in total. The molecule has 1 aliphatic heterocycles. The first-order valence-corrected chi connectivity index (χ1v) is 7.89. The maximum Gasteiger partial charge on any atom is 0.313 e. The number of ether oxygens (including phenoxy) is 1. The highest BCUT2D eigenvalue weighted by Gasteiger charge is 2.75. The van der Waals surface area contributed by atoms with E-state index in [9.17, 15) is 9.59 Å². The van der Waals surface area contributed by atoms with Crippen LogP contribution < -0.4 is 5.32 Å². The monoisotopic (exact) mass is 301 g/mol. The van der Waals surface area contributed by atoms with Gasteiger partial charge in [0.05, 0.1) is 5.41 Å². The van der Waals surface area contributed by atoms with E-state index < -0.39 is 16.4 Å². The fourth-order valence-electron chi connectivity index (χ4n) is 3.85. The average molecular weight is 301 g/mol. The molecule has 1 saturated carbocycles. The van der Waals surface area contributed by atoms with E-state index in [0.717, 1.165) is 6.42 Å². The van der Waals surface area contributed by atoms with Crippen LogP contribution in [-0.2, 0) is 20.7 Å². The number of rotatable bonds is 4. The molecule has 4 heteroatoms. The first kappa shape index (κ1) is 15.1. The average Bonchev–Trinajstić information content (AvgIpc) is 2.78. The van der Waals surface area contributed by atoms with Gasteiger partial charge in [0, 0.05) is 12.0 Å². The predicted molar refractivity (Wildman–Crippen MR) is 83.1 cm³/mol. The Morgan fingerprint density at radius 1 is 1.18 bits per heavy atom. The van der Waals surface area contributed by atoms with Crippen LogP contribution in [0.3, 0.4) is 0 Å². The standard InChI is InChI=1S/C18H23NO3/c1-16(2)17(3)10-11-18(16,22-15(17)21)14(20)19-12-9-13-7-5-4-6-8-13/h4-8H,9-12H2,1-3H3,(H,19,20)/t17-,18+/m0/s1. The molecule has 0 spiro atoms. The molecule has 118 valence electrons. The molecule has 2 fully saturated rings. The van der Waals surface area contributed by atoms with Crippen molar-refractivity contribution < 1.29 is 14.3 Å². The largest absolute Gasteiger partial charge is 0.448 e. The van der Waals surface area contributed by atoms with Crippen molar-refractivity contribution in [1.29, 1.82) is 0 Å². The molecule has 1 heterocycles. The lowest BCUT2D eigenvalue weighted by molar-refractivity contribution is -0.168. The van der Waals surface area contributed by atoms with E-state index in [0.29, 0.717) is 19.4 Å². The van der Waals surface area contributed by atoms with Gasteiger partial charge in [-0.05, 0) is 31.7 Å². The number of fused-ring (bicyclic) bond motifs is 2. The van der Waals surface area contributed by atoms with E-state index in [2.05, 4.69) is 5.32 Å². The summed E-state index contributed by atoms with van der Waals surface area (Å²) in [7, 11) is 0. The van der Waals surface area contributed by atoms with Crippen LogP contribution in [-0.4, -0.2) is 24.0 Å². The van der Waals surface area contributed by atoms with Gasteiger partial charge in [-0.15, -0.1) is 0 Å². The Morgan fingerprint density at radius 2 is 1.86 bits per heavy atom. The first-order valence-electron chi connectivity index (χ1n) is 7.89. The minimum Gasteiger partial charge on any atom is -0.448 e. The fraction of sp³-hybridized carbons (Fsp3) is 0.556. The number of amides is 1. The summed E-state index contributed by atoms with van der Waals surface area (Å²) in [6.45, 7) is 6.42. The van der Waals surface area contributed by atoms with Crippen molar-refractivity contribution in [1.82, 2.24) is 5.32 Å². The lowest BCUT2D eigenvalue weighted by atomic mass is 9.66. The van der Waals surface area contributed by atoms with E-state index in [4.69, 9.17) is 4.74 Å². The van der Waals surface area contributed by atoms with Gasteiger partial charge in [-0.2, -0.15) is 0 Å². The lowest BCUT2D eigenvalue weighted by Gasteiger charge is -2.35. The van der Waals surface area contributed by atoms with Crippen LogP contribution in [0.1, 0.15) is 39.2 Å². The molecule has 2 bridgehead atoms. The van der Waals surface area contributed by atoms with Crippen molar-refractivity contribution in [3.05, 3.63) is 35.9 Å². The van der Waals surface area contributed by atoms with Gasteiger partial charge in [0.25, 0.3) is 5.91 Å². The van der Waals surface area contributed by atoms with Gasteiger partial charge in [0.15, 0.2) is 5.60 Å². The second-order valence-corrected chi connectivity index (χ2v) is 7.17. The molecular weight excluding hydrogens is 278 g/mol. The molecule has 22 heavy (non-hydrogen) atoms. The second-order valence-electron chi connectivity index (χ2n) is 7.17. The smallest absolute Gasteiger partial charge is 0.313 e. The summed E-state index contributed by atoms with van der Waals surface area (Å²) >= 11 is 0. The van der Waals surface area contributed by atoms with E-state index >= 15 is 0 Å². The van der Waals surface area contributed by atoms with Crippen LogP contribution in [0.2, 0.25) is 0 Å². The van der Waals surface area contributed by atoms with E-state index in [1.807, 2.05) is 51.1 Å². The van der Waals surface area contributed by atoms with E-state index in [1.54, 1.807) is 0 Å².